The third kappa shape index (κ3) is 3.59. The van der Waals surface area contributed by atoms with Crippen LogP contribution in [0.25, 0.3) is 0 Å². The SMILES string of the molecule is Cc1ccccc1NC(=O)c1cnn2c1NC1=C(C(=O)CCC1)[C@@H]2c1ccc(C(=O)O)cc1. The van der Waals surface area contributed by atoms with E-state index >= 15 is 0 Å². The summed E-state index contributed by atoms with van der Waals surface area (Å²) in [5.41, 5.74) is 4.33. The van der Waals surface area contributed by atoms with Gasteiger partial charge in [0.2, 0.25) is 0 Å². The molecule has 2 aliphatic rings. The van der Waals surface area contributed by atoms with Crippen molar-refractivity contribution in [2.24, 2.45) is 0 Å². The Kier molecular flexibility index (Phi) is 5.05. The minimum absolute atomic E-state index is 0.0307. The number of carboxylic acids is 1. The number of allylic oxidation sites excluding steroid dienone is 2. The molecule has 5 rings (SSSR count). The van der Waals surface area contributed by atoms with E-state index in [1.54, 1.807) is 16.8 Å². The maximum atomic E-state index is 13.1. The molecule has 3 aromatic rings. The van der Waals surface area contributed by atoms with Gasteiger partial charge in [0.1, 0.15) is 17.4 Å². The summed E-state index contributed by atoms with van der Waals surface area (Å²) >= 11 is 0. The van der Waals surface area contributed by atoms with Gasteiger partial charge < -0.3 is 15.7 Å². The largest absolute Gasteiger partial charge is 0.478 e. The number of hydrogen-bond acceptors (Lipinski definition) is 5. The number of aryl methyl sites for hydroxylation is 1. The number of Topliss-reactive ketones (excluding diaryl/α,β-unsaturated/α-hetero) is 1. The van der Waals surface area contributed by atoms with Crippen molar-refractivity contribution in [1.29, 1.82) is 0 Å². The molecule has 3 N–H and O–H groups in total. The van der Waals surface area contributed by atoms with Crippen LogP contribution in [0.15, 0.2) is 66.0 Å². The first-order chi connectivity index (χ1) is 15.9. The van der Waals surface area contributed by atoms with Gasteiger partial charge in [0, 0.05) is 23.4 Å². The Morgan fingerprint density at radius 1 is 1.12 bits per heavy atom. The number of anilines is 2. The van der Waals surface area contributed by atoms with Gasteiger partial charge in [0.15, 0.2) is 5.78 Å². The van der Waals surface area contributed by atoms with Crippen molar-refractivity contribution in [1.82, 2.24) is 9.78 Å². The number of carbonyl (C=O) groups is 3. The summed E-state index contributed by atoms with van der Waals surface area (Å²) in [5, 5.41) is 19.9. The second-order valence-electron chi connectivity index (χ2n) is 8.24. The van der Waals surface area contributed by atoms with Crippen LogP contribution < -0.4 is 10.6 Å². The Labute approximate surface area is 189 Å². The summed E-state index contributed by atoms with van der Waals surface area (Å²) < 4.78 is 1.64. The molecule has 8 heteroatoms. The van der Waals surface area contributed by atoms with Crippen LogP contribution >= 0.6 is 0 Å². The van der Waals surface area contributed by atoms with E-state index in [1.807, 2.05) is 31.2 Å². The number of aromatic nitrogens is 2. The lowest BCUT2D eigenvalue weighted by molar-refractivity contribution is -0.116. The smallest absolute Gasteiger partial charge is 0.335 e. The Morgan fingerprint density at radius 2 is 1.88 bits per heavy atom. The topological polar surface area (TPSA) is 113 Å². The van der Waals surface area contributed by atoms with E-state index in [0.29, 0.717) is 35.5 Å². The first-order valence-electron chi connectivity index (χ1n) is 10.7. The van der Waals surface area contributed by atoms with E-state index in [1.165, 1.54) is 18.3 Å². The Morgan fingerprint density at radius 3 is 2.61 bits per heavy atom. The van der Waals surface area contributed by atoms with Gasteiger partial charge in [-0.25, -0.2) is 9.48 Å². The molecule has 2 aromatic carbocycles. The molecule has 0 bridgehead atoms. The fourth-order valence-electron chi connectivity index (χ4n) is 4.44. The second kappa shape index (κ2) is 8.05. The van der Waals surface area contributed by atoms with Crippen LogP contribution in [0, 0.1) is 6.92 Å². The van der Waals surface area contributed by atoms with Crippen molar-refractivity contribution in [3.8, 4) is 0 Å². The molecule has 0 spiro atoms. The summed E-state index contributed by atoms with van der Waals surface area (Å²) in [6, 6.07) is 13.4. The number of ketones is 1. The molecule has 33 heavy (non-hydrogen) atoms. The number of benzene rings is 2. The number of nitrogens with zero attached hydrogens (tertiary/aromatic N) is 2. The van der Waals surface area contributed by atoms with Gasteiger partial charge in [-0.15, -0.1) is 0 Å². The Balaban J connectivity index is 1.57. The van der Waals surface area contributed by atoms with E-state index in [4.69, 9.17) is 0 Å². The third-order valence-corrected chi connectivity index (χ3v) is 6.15. The highest BCUT2D eigenvalue weighted by Gasteiger charge is 2.37. The van der Waals surface area contributed by atoms with E-state index in [9.17, 15) is 19.5 Å². The van der Waals surface area contributed by atoms with Crippen molar-refractivity contribution < 1.29 is 19.5 Å². The summed E-state index contributed by atoms with van der Waals surface area (Å²) in [6.07, 6.45) is 3.36. The highest BCUT2D eigenvalue weighted by atomic mass is 16.4. The lowest BCUT2D eigenvalue weighted by Gasteiger charge is -2.33. The number of nitrogens with one attached hydrogen (secondary N) is 2. The second-order valence-corrected chi connectivity index (χ2v) is 8.24. The van der Waals surface area contributed by atoms with E-state index < -0.39 is 12.0 Å². The average Bonchev–Trinajstić information content (AvgIpc) is 3.23. The molecule has 0 fully saturated rings. The van der Waals surface area contributed by atoms with Crippen LogP contribution in [0.1, 0.15) is 57.1 Å². The van der Waals surface area contributed by atoms with Crippen molar-refractivity contribution in [2.75, 3.05) is 10.6 Å². The molecule has 0 unspecified atom stereocenters. The molecule has 0 saturated carbocycles. The lowest BCUT2D eigenvalue weighted by Crippen LogP contribution is -2.32. The van der Waals surface area contributed by atoms with Crippen LogP contribution in [-0.4, -0.2) is 32.5 Å². The average molecular weight is 442 g/mol. The zero-order chi connectivity index (χ0) is 23.1. The van der Waals surface area contributed by atoms with Gasteiger partial charge in [-0.05, 0) is 49.1 Å². The molecule has 0 radical (unpaired) electrons. The highest BCUT2D eigenvalue weighted by Crippen LogP contribution is 2.41. The fraction of sp³-hybridized carbons (Fsp3) is 0.200. The molecular weight excluding hydrogens is 420 g/mol. The normalized spacial score (nSPS) is 17.1. The van der Waals surface area contributed by atoms with Gasteiger partial charge >= 0.3 is 5.97 Å². The number of aromatic carboxylic acids is 1. The fourth-order valence-corrected chi connectivity index (χ4v) is 4.44. The first-order valence-corrected chi connectivity index (χ1v) is 10.7. The number of para-hydroxylation sites is 1. The maximum absolute atomic E-state index is 13.1. The number of rotatable bonds is 4. The lowest BCUT2D eigenvalue weighted by atomic mass is 9.85. The number of carbonyl (C=O) groups excluding carboxylic acids is 2. The summed E-state index contributed by atoms with van der Waals surface area (Å²) in [4.78, 5) is 37.3. The molecule has 1 aromatic heterocycles. The minimum atomic E-state index is -1.02. The molecule has 166 valence electrons. The molecule has 1 amide bonds. The highest BCUT2D eigenvalue weighted by molar-refractivity contribution is 6.08. The van der Waals surface area contributed by atoms with Gasteiger partial charge in [0.25, 0.3) is 5.91 Å². The van der Waals surface area contributed by atoms with Gasteiger partial charge in [-0.2, -0.15) is 5.10 Å². The minimum Gasteiger partial charge on any atom is -0.478 e. The molecule has 1 aliphatic heterocycles. The zero-order valence-corrected chi connectivity index (χ0v) is 18.0. The van der Waals surface area contributed by atoms with Crippen LogP contribution in [0.5, 0.6) is 0 Å². The number of amides is 1. The van der Waals surface area contributed by atoms with Crippen LogP contribution in [-0.2, 0) is 4.79 Å². The Hall–Kier alpha value is -4.20. The molecular formula is C25H22N4O4. The maximum Gasteiger partial charge on any atom is 0.335 e. The van der Waals surface area contributed by atoms with Crippen LogP contribution in [0.2, 0.25) is 0 Å². The number of hydrogen-bond donors (Lipinski definition) is 3. The van der Waals surface area contributed by atoms with Crippen molar-refractivity contribution in [3.63, 3.8) is 0 Å². The molecule has 1 aliphatic carbocycles. The summed E-state index contributed by atoms with van der Waals surface area (Å²) in [7, 11) is 0. The summed E-state index contributed by atoms with van der Waals surface area (Å²) in [5.74, 6) is -0.773. The quantitative estimate of drug-likeness (QED) is 0.559. The molecule has 1 atom stereocenters. The predicted molar refractivity (Wildman–Crippen MR) is 122 cm³/mol. The van der Waals surface area contributed by atoms with Crippen LogP contribution in [0.3, 0.4) is 0 Å². The third-order valence-electron chi connectivity index (χ3n) is 6.15. The van der Waals surface area contributed by atoms with E-state index in [-0.39, 0.29) is 17.3 Å². The zero-order valence-electron chi connectivity index (χ0n) is 18.0. The van der Waals surface area contributed by atoms with Gasteiger partial charge in [-0.1, -0.05) is 30.3 Å². The molecule has 2 heterocycles. The molecule has 0 saturated heterocycles. The standard InChI is InChI=1S/C25H22N4O4/c1-14-5-2-3-6-18(14)28-24(31)17-13-26-29-22(15-9-11-16(12-10-15)25(32)33)21-19(27-23(17)29)7-4-8-20(21)30/h2-3,5-6,9-13,22,27H,4,7-8H2,1H3,(H,28,31)(H,32,33)/t22-/m0/s1. The summed E-state index contributed by atoms with van der Waals surface area (Å²) in [6.45, 7) is 1.92. The Bertz CT molecular complexity index is 1320. The van der Waals surface area contributed by atoms with E-state index in [2.05, 4.69) is 15.7 Å². The number of carboxylic acid groups (broad SMARTS) is 1. The van der Waals surface area contributed by atoms with Crippen molar-refractivity contribution in [2.45, 2.75) is 32.2 Å². The monoisotopic (exact) mass is 442 g/mol. The van der Waals surface area contributed by atoms with Crippen molar-refractivity contribution >= 4 is 29.2 Å². The number of fused-ring (bicyclic) bond motifs is 1. The molecule has 8 nitrogen and oxygen atoms in total. The van der Waals surface area contributed by atoms with E-state index in [0.717, 1.165) is 23.2 Å². The predicted octanol–water partition coefficient (Wildman–Crippen LogP) is 4.16. The van der Waals surface area contributed by atoms with Crippen molar-refractivity contribution in [3.05, 3.63) is 88.3 Å². The first kappa shape index (κ1) is 20.7. The van der Waals surface area contributed by atoms with Gasteiger partial charge in [0.05, 0.1) is 11.8 Å². The van der Waals surface area contributed by atoms with Crippen LogP contribution in [0.4, 0.5) is 11.5 Å². The van der Waals surface area contributed by atoms with Gasteiger partial charge in [-0.3, -0.25) is 9.59 Å².